The van der Waals surface area contributed by atoms with Crippen molar-refractivity contribution in [3.63, 3.8) is 0 Å². The fourth-order valence-electron chi connectivity index (χ4n) is 2.18. The molecule has 0 fully saturated rings. The van der Waals surface area contributed by atoms with E-state index in [1.807, 2.05) is 0 Å². The maximum absolute atomic E-state index is 13.2. The van der Waals surface area contributed by atoms with Crippen molar-refractivity contribution in [2.24, 2.45) is 0 Å². The molecule has 3 N–H and O–H groups in total. The molecule has 0 spiro atoms. The maximum atomic E-state index is 13.2. The van der Waals surface area contributed by atoms with Gasteiger partial charge in [-0.1, -0.05) is 0 Å². The van der Waals surface area contributed by atoms with Crippen molar-refractivity contribution in [2.75, 3.05) is 11.1 Å². The van der Waals surface area contributed by atoms with E-state index in [0.29, 0.717) is 24.2 Å². The number of fused-ring (bicyclic) bond motifs is 1. The number of carbonyl (C=O) groups is 1. The first-order chi connectivity index (χ1) is 10.0. The van der Waals surface area contributed by atoms with E-state index in [9.17, 15) is 13.6 Å². The molecule has 0 saturated heterocycles. The maximum Gasteiger partial charge on any atom is 0.224 e. The second kappa shape index (κ2) is 5.05. The lowest BCUT2D eigenvalue weighted by molar-refractivity contribution is -0.116. The summed E-state index contributed by atoms with van der Waals surface area (Å²) in [5.41, 5.74) is 7.80. The van der Waals surface area contributed by atoms with Crippen LogP contribution in [-0.4, -0.2) is 5.91 Å². The highest BCUT2D eigenvalue weighted by Crippen LogP contribution is 2.35. The van der Waals surface area contributed by atoms with Crippen molar-refractivity contribution >= 4 is 17.3 Å². The molecule has 1 amide bonds. The van der Waals surface area contributed by atoms with Crippen LogP contribution in [-0.2, 0) is 11.2 Å². The molecule has 0 radical (unpaired) electrons. The summed E-state index contributed by atoms with van der Waals surface area (Å²) < 4.78 is 31.5. The minimum atomic E-state index is -1.00. The van der Waals surface area contributed by atoms with Crippen LogP contribution < -0.4 is 15.8 Å². The lowest BCUT2D eigenvalue weighted by atomic mass is 10.0. The first kappa shape index (κ1) is 13.4. The van der Waals surface area contributed by atoms with Gasteiger partial charge in [-0.05, 0) is 30.2 Å². The zero-order chi connectivity index (χ0) is 15.0. The van der Waals surface area contributed by atoms with Gasteiger partial charge >= 0.3 is 0 Å². The highest BCUT2D eigenvalue weighted by Gasteiger charge is 2.17. The van der Waals surface area contributed by atoms with Crippen molar-refractivity contribution < 1.29 is 18.3 Å². The lowest BCUT2D eigenvalue weighted by Gasteiger charge is -2.19. The fraction of sp³-hybridized carbons (Fsp3) is 0.133. The third-order valence-electron chi connectivity index (χ3n) is 3.25. The number of nitrogens with two attached hydrogens (primary N) is 1. The Balaban J connectivity index is 1.93. The number of hydrogen-bond acceptors (Lipinski definition) is 3. The average Bonchev–Trinajstić information content (AvgIpc) is 2.44. The van der Waals surface area contributed by atoms with Gasteiger partial charge < -0.3 is 15.8 Å². The molecular formula is C15H12F2N2O2. The summed E-state index contributed by atoms with van der Waals surface area (Å²) in [4.78, 5) is 11.4. The van der Waals surface area contributed by atoms with Crippen LogP contribution >= 0.6 is 0 Å². The summed E-state index contributed by atoms with van der Waals surface area (Å²) in [6.45, 7) is 0. The number of benzene rings is 2. The van der Waals surface area contributed by atoms with Crippen LogP contribution in [0.5, 0.6) is 11.5 Å². The summed E-state index contributed by atoms with van der Waals surface area (Å²) in [6, 6.07) is 6.51. The van der Waals surface area contributed by atoms with Crippen LogP contribution in [0, 0.1) is 11.6 Å². The van der Waals surface area contributed by atoms with E-state index in [1.165, 1.54) is 6.07 Å². The van der Waals surface area contributed by atoms with Gasteiger partial charge in [-0.3, -0.25) is 4.79 Å². The number of halogens is 2. The molecule has 6 heteroatoms. The van der Waals surface area contributed by atoms with E-state index in [2.05, 4.69) is 5.32 Å². The third kappa shape index (κ3) is 2.65. The summed E-state index contributed by atoms with van der Waals surface area (Å²) in [7, 11) is 0. The molecule has 1 heterocycles. The summed E-state index contributed by atoms with van der Waals surface area (Å²) in [5.74, 6) is -1.62. The van der Waals surface area contributed by atoms with Gasteiger partial charge in [0.25, 0.3) is 0 Å². The smallest absolute Gasteiger partial charge is 0.224 e. The summed E-state index contributed by atoms with van der Waals surface area (Å²) >= 11 is 0. The molecule has 0 unspecified atom stereocenters. The van der Waals surface area contributed by atoms with E-state index in [4.69, 9.17) is 10.5 Å². The Bertz CT molecular complexity index is 732. The van der Waals surface area contributed by atoms with Gasteiger partial charge in [-0.15, -0.1) is 0 Å². The number of nitrogen functional groups attached to an aromatic ring is 1. The molecule has 2 aromatic rings. The van der Waals surface area contributed by atoms with Gasteiger partial charge in [0.05, 0.1) is 5.69 Å². The Hall–Kier alpha value is -2.63. The molecule has 0 aromatic heterocycles. The van der Waals surface area contributed by atoms with Crippen molar-refractivity contribution in [2.45, 2.75) is 12.8 Å². The van der Waals surface area contributed by atoms with Crippen molar-refractivity contribution in [3.05, 3.63) is 47.5 Å². The SMILES string of the molecule is Nc1cc2c(cc1Oc1ccc(F)c(F)c1)NC(=O)CC2. The Morgan fingerprint density at radius 2 is 1.90 bits per heavy atom. The molecular weight excluding hydrogens is 278 g/mol. The van der Waals surface area contributed by atoms with Gasteiger partial charge in [0, 0.05) is 24.2 Å². The quantitative estimate of drug-likeness (QED) is 0.835. The molecule has 4 nitrogen and oxygen atoms in total. The van der Waals surface area contributed by atoms with Crippen LogP contribution in [0.15, 0.2) is 30.3 Å². The number of hydrogen-bond donors (Lipinski definition) is 2. The van der Waals surface area contributed by atoms with Crippen LogP contribution in [0.1, 0.15) is 12.0 Å². The number of nitrogens with one attached hydrogen (secondary N) is 1. The summed E-state index contributed by atoms with van der Waals surface area (Å²) in [5, 5.41) is 2.73. The first-order valence-electron chi connectivity index (χ1n) is 6.38. The molecule has 0 aliphatic carbocycles. The number of carbonyl (C=O) groups excluding carboxylic acids is 1. The van der Waals surface area contributed by atoms with Crippen LogP contribution in [0.4, 0.5) is 20.2 Å². The molecule has 3 rings (SSSR count). The fourth-order valence-corrected chi connectivity index (χ4v) is 2.18. The predicted octanol–water partition coefficient (Wildman–Crippen LogP) is 3.22. The standard InChI is InChI=1S/C15H12F2N2O2/c16-10-3-2-9(6-11(10)17)21-14-7-13-8(5-12(14)18)1-4-15(20)19-13/h2-3,5-7H,1,4,18H2,(H,19,20). The molecule has 0 saturated carbocycles. The van der Waals surface area contributed by atoms with Crippen molar-refractivity contribution in [1.29, 1.82) is 0 Å². The van der Waals surface area contributed by atoms with E-state index in [0.717, 1.165) is 17.7 Å². The zero-order valence-electron chi connectivity index (χ0n) is 11.0. The van der Waals surface area contributed by atoms with E-state index in [-0.39, 0.29) is 17.4 Å². The van der Waals surface area contributed by atoms with E-state index in [1.54, 1.807) is 12.1 Å². The topological polar surface area (TPSA) is 64.3 Å². The molecule has 21 heavy (non-hydrogen) atoms. The monoisotopic (exact) mass is 290 g/mol. The van der Waals surface area contributed by atoms with Crippen LogP contribution in [0.3, 0.4) is 0 Å². The second-order valence-corrected chi connectivity index (χ2v) is 4.77. The molecule has 0 bridgehead atoms. The molecule has 108 valence electrons. The van der Waals surface area contributed by atoms with Crippen molar-refractivity contribution in [3.8, 4) is 11.5 Å². The van der Waals surface area contributed by atoms with Gasteiger partial charge in [-0.2, -0.15) is 0 Å². The molecule has 2 aromatic carbocycles. The van der Waals surface area contributed by atoms with E-state index >= 15 is 0 Å². The third-order valence-corrected chi connectivity index (χ3v) is 3.25. The van der Waals surface area contributed by atoms with Crippen LogP contribution in [0.2, 0.25) is 0 Å². The Kier molecular flexibility index (Phi) is 3.21. The normalized spacial score (nSPS) is 13.5. The Labute approximate surface area is 119 Å². The Morgan fingerprint density at radius 1 is 1.10 bits per heavy atom. The zero-order valence-corrected chi connectivity index (χ0v) is 11.0. The largest absolute Gasteiger partial charge is 0.455 e. The lowest BCUT2D eigenvalue weighted by Crippen LogP contribution is -2.19. The predicted molar refractivity (Wildman–Crippen MR) is 74.2 cm³/mol. The number of ether oxygens (including phenoxy) is 1. The van der Waals surface area contributed by atoms with Gasteiger partial charge in [0.1, 0.15) is 5.75 Å². The van der Waals surface area contributed by atoms with Gasteiger partial charge in [0.2, 0.25) is 5.91 Å². The number of anilines is 2. The average molecular weight is 290 g/mol. The number of aryl methyl sites for hydroxylation is 1. The molecule has 1 aliphatic heterocycles. The van der Waals surface area contributed by atoms with Crippen molar-refractivity contribution in [1.82, 2.24) is 0 Å². The molecule has 1 aliphatic rings. The highest BCUT2D eigenvalue weighted by molar-refractivity contribution is 5.94. The van der Waals surface area contributed by atoms with E-state index < -0.39 is 11.6 Å². The minimum Gasteiger partial charge on any atom is -0.455 e. The first-order valence-corrected chi connectivity index (χ1v) is 6.38. The second-order valence-electron chi connectivity index (χ2n) is 4.77. The number of amides is 1. The Morgan fingerprint density at radius 3 is 2.67 bits per heavy atom. The van der Waals surface area contributed by atoms with Gasteiger partial charge in [-0.25, -0.2) is 8.78 Å². The van der Waals surface area contributed by atoms with Crippen LogP contribution in [0.25, 0.3) is 0 Å². The number of rotatable bonds is 2. The minimum absolute atomic E-state index is 0.0777. The highest BCUT2D eigenvalue weighted by atomic mass is 19.2. The molecule has 0 atom stereocenters. The summed E-state index contributed by atoms with van der Waals surface area (Å²) in [6.07, 6.45) is 1.02. The van der Waals surface area contributed by atoms with Gasteiger partial charge in [0.15, 0.2) is 17.4 Å².